The molecule has 0 saturated carbocycles. The molecule has 1 aliphatic heterocycles. The number of aryl methyl sites for hydroxylation is 2. The van der Waals surface area contributed by atoms with Gasteiger partial charge in [0.15, 0.2) is 0 Å². The molecule has 0 spiro atoms. The molecule has 1 N–H and O–H groups in total. The molecule has 0 aliphatic carbocycles. The van der Waals surface area contributed by atoms with Gasteiger partial charge in [-0.25, -0.2) is 0 Å². The third kappa shape index (κ3) is 4.06. The van der Waals surface area contributed by atoms with Gasteiger partial charge < -0.3 is 10.1 Å². The lowest BCUT2D eigenvalue weighted by Gasteiger charge is -2.34. The Morgan fingerprint density at radius 3 is 2.83 bits per heavy atom. The smallest absolute Gasteiger partial charge is 0.261 e. The van der Waals surface area contributed by atoms with Crippen molar-refractivity contribution in [2.24, 2.45) is 0 Å². The van der Waals surface area contributed by atoms with Crippen molar-refractivity contribution < 1.29 is 9.53 Å². The number of rotatable bonds is 6. The van der Waals surface area contributed by atoms with Gasteiger partial charge in [0.1, 0.15) is 0 Å². The molecule has 6 heteroatoms. The molecular weight excluding hydrogens is 340 g/mol. The first-order valence-electron chi connectivity index (χ1n) is 8.41. The van der Waals surface area contributed by atoms with Crippen molar-refractivity contribution in [2.75, 3.05) is 32.8 Å². The zero-order chi connectivity index (χ0) is 16.9. The average Bonchev–Trinajstić information content (AvgIpc) is 3.25. The lowest BCUT2D eigenvalue weighted by atomic mass is 10.2. The topological polar surface area (TPSA) is 41.6 Å². The van der Waals surface area contributed by atoms with E-state index in [1.165, 1.54) is 15.3 Å². The fourth-order valence-electron chi connectivity index (χ4n) is 3.04. The predicted molar refractivity (Wildman–Crippen MR) is 100 cm³/mol. The van der Waals surface area contributed by atoms with Crippen LogP contribution in [0.15, 0.2) is 23.6 Å². The quantitative estimate of drug-likeness (QED) is 0.853. The molecule has 24 heavy (non-hydrogen) atoms. The highest BCUT2D eigenvalue weighted by molar-refractivity contribution is 7.14. The summed E-state index contributed by atoms with van der Waals surface area (Å²) >= 11 is 3.36. The van der Waals surface area contributed by atoms with E-state index >= 15 is 0 Å². The molecule has 1 saturated heterocycles. The van der Waals surface area contributed by atoms with Crippen molar-refractivity contribution in [2.45, 2.75) is 26.3 Å². The SMILES string of the molecule is CCc1sc(C(=O)NC[C@@H](c2cccs2)N2CCOCC2)cc1C. The van der Waals surface area contributed by atoms with Gasteiger partial charge in [0.25, 0.3) is 5.91 Å². The van der Waals surface area contributed by atoms with E-state index in [0.29, 0.717) is 6.54 Å². The lowest BCUT2D eigenvalue weighted by Crippen LogP contribution is -2.43. The van der Waals surface area contributed by atoms with Crippen molar-refractivity contribution >= 4 is 28.6 Å². The van der Waals surface area contributed by atoms with Crippen LogP contribution in [-0.4, -0.2) is 43.7 Å². The summed E-state index contributed by atoms with van der Waals surface area (Å²) in [5, 5.41) is 5.24. The number of morpholine rings is 1. The summed E-state index contributed by atoms with van der Waals surface area (Å²) in [6.07, 6.45) is 0.982. The maximum atomic E-state index is 12.5. The van der Waals surface area contributed by atoms with E-state index in [2.05, 4.69) is 41.6 Å². The number of hydrogen-bond acceptors (Lipinski definition) is 5. The first-order chi connectivity index (χ1) is 11.7. The predicted octanol–water partition coefficient (Wildman–Crippen LogP) is 3.48. The highest BCUT2D eigenvalue weighted by Gasteiger charge is 2.24. The van der Waals surface area contributed by atoms with Crippen LogP contribution in [0.3, 0.4) is 0 Å². The van der Waals surface area contributed by atoms with E-state index in [4.69, 9.17) is 4.74 Å². The van der Waals surface area contributed by atoms with E-state index in [0.717, 1.165) is 37.6 Å². The minimum Gasteiger partial charge on any atom is -0.379 e. The molecule has 0 aromatic carbocycles. The van der Waals surface area contributed by atoms with Crippen molar-refractivity contribution in [1.29, 1.82) is 0 Å². The molecule has 4 nitrogen and oxygen atoms in total. The third-order valence-corrected chi connectivity index (χ3v) is 6.73. The number of carbonyl (C=O) groups is 1. The fraction of sp³-hybridized carbons (Fsp3) is 0.500. The largest absolute Gasteiger partial charge is 0.379 e. The second-order valence-electron chi connectivity index (χ2n) is 5.96. The molecule has 0 unspecified atom stereocenters. The second-order valence-corrected chi connectivity index (χ2v) is 8.08. The maximum absolute atomic E-state index is 12.5. The van der Waals surface area contributed by atoms with Crippen LogP contribution in [0.1, 0.15) is 38.0 Å². The molecule has 0 radical (unpaired) electrons. The number of thiophene rings is 2. The Bertz CT molecular complexity index is 661. The van der Waals surface area contributed by atoms with E-state index < -0.39 is 0 Å². The summed E-state index contributed by atoms with van der Waals surface area (Å²) in [6.45, 7) is 8.20. The van der Waals surface area contributed by atoms with Crippen LogP contribution in [-0.2, 0) is 11.2 Å². The number of ether oxygens (including phenoxy) is 1. The van der Waals surface area contributed by atoms with E-state index in [1.54, 1.807) is 22.7 Å². The molecule has 3 rings (SSSR count). The number of hydrogen-bond donors (Lipinski definition) is 1. The van der Waals surface area contributed by atoms with Crippen LogP contribution in [0.2, 0.25) is 0 Å². The molecule has 0 bridgehead atoms. The Kier molecular flexibility index (Phi) is 6.05. The Hall–Kier alpha value is -1.21. The van der Waals surface area contributed by atoms with E-state index in [9.17, 15) is 4.79 Å². The minimum absolute atomic E-state index is 0.0395. The van der Waals surface area contributed by atoms with E-state index in [-0.39, 0.29) is 11.9 Å². The molecule has 1 aliphatic rings. The Morgan fingerprint density at radius 2 is 2.21 bits per heavy atom. The minimum atomic E-state index is 0.0395. The molecule has 1 amide bonds. The van der Waals surface area contributed by atoms with Crippen molar-refractivity contribution in [3.05, 3.63) is 43.8 Å². The molecule has 1 atom stereocenters. The van der Waals surface area contributed by atoms with Crippen molar-refractivity contribution in [1.82, 2.24) is 10.2 Å². The molecular formula is C18H24N2O2S2. The molecule has 3 heterocycles. The lowest BCUT2D eigenvalue weighted by molar-refractivity contribution is 0.0169. The van der Waals surface area contributed by atoms with Gasteiger partial charge in [0, 0.05) is 29.4 Å². The van der Waals surface area contributed by atoms with Crippen LogP contribution < -0.4 is 5.32 Å². The number of carbonyl (C=O) groups excluding carboxylic acids is 1. The molecule has 2 aromatic rings. The van der Waals surface area contributed by atoms with E-state index in [1.807, 2.05) is 6.07 Å². The van der Waals surface area contributed by atoms with Gasteiger partial charge in [0.2, 0.25) is 0 Å². The molecule has 1 fully saturated rings. The second kappa shape index (κ2) is 8.25. The fourth-order valence-corrected chi connectivity index (χ4v) is 4.93. The zero-order valence-corrected chi connectivity index (χ0v) is 15.8. The van der Waals surface area contributed by atoms with Gasteiger partial charge in [-0.2, -0.15) is 0 Å². The Labute approximate surface area is 151 Å². The summed E-state index contributed by atoms with van der Waals surface area (Å²) in [7, 11) is 0. The standard InChI is InChI=1S/C18H24N2O2S2/c1-3-15-13(2)11-17(24-15)18(21)19-12-14(16-5-4-10-23-16)20-6-8-22-9-7-20/h4-5,10-11,14H,3,6-9,12H2,1-2H3,(H,19,21)/t14-/m0/s1. The third-order valence-electron chi connectivity index (χ3n) is 4.38. The van der Waals surface area contributed by atoms with Gasteiger partial charge in [0.05, 0.1) is 24.1 Å². The van der Waals surface area contributed by atoms with Gasteiger partial charge in [-0.05, 0) is 36.4 Å². The highest BCUT2D eigenvalue weighted by atomic mass is 32.1. The first-order valence-corrected chi connectivity index (χ1v) is 10.1. The highest BCUT2D eigenvalue weighted by Crippen LogP contribution is 2.26. The first kappa shape index (κ1) is 17.6. The average molecular weight is 365 g/mol. The Balaban J connectivity index is 1.67. The van der Waals surface area contributed by atoms with Crippen LogP contribution in [0.4, 0.5) is 0 Å². The molecule has 130 valence electrons. The molecule has 2 aromatic heterocycles. The maximum Gasteiger partial charge on any atom is 0.261 e. The van der Waals surface area contributed by atoms with Crippen LogP contribution in [0.5, 0.6) is 0 Å². The van der Waals surface area contributed by atoms with Crippen LogP contribution in [0.25, 0.3) is 0 Å². The van der Waals surface area contributed by atoms with Crippen molar-refractivity contribution in [3.8, 4) is 0 Å². The van der Waals surface area contributed by atoms with Crippen LogP contribution >= 0.6 is 22.7 Å². The van der Waals surface area contributed by atoms with Gasteiger partial charge in [-0.3, -0.25) is 9.69 Å². The number of nitrogens with zero attached hydrogens (tertiary/aromatic N) is 1. The van der Waals surface area contributed by atoms with Crippen molar-refractivity contribution in [3.63, 3.8) is 0 Å². The summed E-state index contributed by atoms with van der Waals surface area (Å²) in [5.74, 6) is 0.0395. The summed E-state index contributed by atoms with van der Waals surface area (Å²) in [5.41, 5.74) is 1.22. The summed E-state index contributed by atoms with van der Waals surface area (Å²) in [6, 6.07) is 6.46. The number of nitrogens with one attached hydrogen (secondary N) is 1. The Morgan fingerprint density at radius 1 is 1.42 bits per heavy atom. The van der Waals surface area contributed by atoms with Gasteiger partial charge >= 0.3 is 0 Å². The number of amides is 1. The summed E-state index contributed by atoms with van der Waals surface area (Å²) in [4.78, 5) is 18.4. The normalized spacial score (nSPS) is 16.9. The summed E-state index contributed by atoms with van der Waals surface area (Å²) < 4.78 is 5.47. The monoisotopic (exact) mass is 364 g/mol. The zero-order valence-electron chi connectivity index (χ0n) is 14.2. The van der Waals surface area contributed by atoms with Gasteiger partial charge in [-0.1, -0.05) is 13.0 Å². The van der Waals surface area contributed by atoms with Crippen LogP contribution in [0, 0.1) is 6.92 Å². The van der Waals surface area contributed by atoms with Gasteiger partial charge in [-0.15, -0.1) is 22.7 Å².